The molecular weight excluding hydrogens is 258 g/mol. The number of benzene rings is 1. The molecule has 1 aromatic carbocycles. The first-order chi connectivity index (χ1) is 10.2. The molecule has 2 heteroatoms. The molecule has 21 heavy (non-hydrogen) atoms. The smallest absolute Gasteiger partial charge is 0.125 e. The lowest BCUT2D eigenvalue weighted by molar-refractivity contribution is 0.287. The van der Waals surface area contributed by atoms with Crippen molar-refractivity contribution in [3.63, 3.8) is 0 Å². The van der Waals surface area contributed by atoms with Crippen LogP contribution in [-0.2, 0) is 0 Å². The van der Waals surface area contributed by atoms with Crippen LogP contribution in [0.4, 0.5) is 0 Å². The molecule has 0 aromatic heterocycles. The van der Waals surface area contributed by atoms with Crippen molar-refractivity contribution in [3.05, 3.63) is 28.8 Å². The minimum atomic E-state index is 0.666. The minimum Gasteiger partial charge on any atom is -0.496 e. The van der Waals surface area contributed by atoms with Crippen LogP contribution >= 0.6 is 0 Å². The van der Waals surface area contributed by atoms with Gasteiger partial charge in [-0.1, -0.05) is 25.0 Å². The van der Waals surface area contributed by atoms with Crippen LogP contribution in [0.2, 0.25) is 0 Å². The summed E-state index contributed by atoms with van der Waals surface area (Å²) in [6, 6.07) is 5.41. The first kappa shape index (κ1) is 14.9. The molecule has 2 unspecified atom stereocenters. The number of aryl methyl sites for hydroxylation is 1. The first-order valence-corrected chi connectivity index (χ1v) is 8.58. The Labute approximate surface area is 129 Å². The van der Waals surface area contributed by atoms with E-state index in [1.54, 1.807) is 0 Å². The van der Waals surface area contributed by atoms with Gasteiger partial charge in [-0.3, -0.25) is 0 Å². The van der Waals surface area contributed by atoms with E-state index in [9.17, 15) is 0 Å². The van der Waals surface area contributed by atoms with Crippen molar-refractivity contribution >= 4 is 0 Å². The Balaban J connectivity index is 1.83. The van der Waals surface area contributed by atoms with Crippen molar-refractivity contribution in [1.29, 1.82) is 0 Å². The van der Waals surface area contributed by atoms with Gasteiger partial charge in [-0.25, -0.2) is 0 Å². The summed E-state index contributed by atoms with van der Waals surface area (Å²) in [5.41, 5.74) is 4.09. The Hall–Kier alpha value is -1.02. The predicted molar refractivity (Wildman–Crippen MR) is 88.2 cm³/mol. The molecule has 3 rings (SSSR count). The first-order valence-electron chi connectivity index (χ1n) is 8.58. The summed E-state index contributed by atoms with van der Waals surface area (Å²) in [4.78, 5) is 0. The number of nitrogens with one attached hydrogen (secondary N) is 1. The van der Waals surface area contributed by atoms with Gasteiger partial charge in [-0.2, -0.15) is 0 Å². The van der Waals surface area contributed by atoms with E-state index in [2.05, 4.69) is 31.3 Å². The highest BCUT2D eigenvalue weighted by atomic mass is 16.5. The van der Waals surface area contributed by atoms with Crippen LogP contribution in [-0.4, -0.2) is 19.7 Å². The van der Waals surface area contributed by atoms with Gasteiger partial charge in [0.25, 0.3) is 0 Å². The third-order valence-corrected chi connectivity index (χ3v) is 5.47. The van der Waals surface area contributed by atoms with Crippen LogP contribution in [0.3, 0.4) is 0 Å². The lowest BCUT2D eigenvalue weighted by Gasteiger charge is -2.33. The maximum atomic E-state index is 5.78. The standard InChI is InChI=1S/C19H29NO/c1-13-8-11-18(19(21-3)14(13)2)17-7-5-4-6-15(17)12-20-16-9-10-16/h8,11,15-17,20H,4-7,9-10,12H2,1-3H3. The maximum absolute atomic E-state index is 5.78. The number of rotatable bonds is 5. The van der Waals surface area contributed by atoms with E-state index in [-0.39, 0.29) is 0 Å². The Kier molecular flexibility index (Phi) is 4.54. The van der Waals surface area contributed by atoms with E-state index in [0.717, 1.165) is 17.7 Å². The summed E-state index contributed by atoms with van der Waals surface area (Å²) < 4.78 is 5.78. The molecule has 2 saturated carbocycles. The molecule has 0 spiro atoms. The maximum Gasteiger partial charge on any atom is 0.125 e. The fraction of sp³-hybridized carbons (Fsp3) is 0.684. The zero-order valence-corrected chi connectivity index (χ0v) is 13.7. The molecular formula is C19H29NO. The molecule has 0 amide bonds. The zero-order chi connectivity index (χ0) is 14.8. The molecule has 116 valence electrons. The van der Waals surface area contributed by atoms with Crippen LogP contribution in [0.1, 0.15) is 61.1 Å². The SMILES string of the molecule is COc1c(C2CCCCC2CNC2CC2)ccc(C)c1C. The van der Waals surface area contributed by atoms with Gasteiger partial charge < -0.3 is 10.1 Å². The molecule has 0 bridgehead atoms. The Morgan fingerprint density at radius 3 is 2.57 bits per heavy atom. The average molecular weight is 287 g/mol. The normalized spacial score (nSPS) is 25.9. The molecule has 0 heterocycles. The fourth-order valence-electron chi connectivity index (χ4n) is 3.84. The van der Waals surface area contributed by atoms with Gasteiger partial charge in [0.2, 0.25) is 0 Å². The lowest BCUT2D eigenvalue weighted by atomic mass is 9.74. The van der Waals surface area contributed by atoms with Crippen molar-refractivity contribution in [2.24, 2.45) is 5.92 Å². The lowest BCUT2D eigenvalue weighted by Crippen LogP contribution is -2.31. The molecule has 2 nitrogen and oxygen atoms in total. The monoisotopic (exact) mass is 287 g/mol. The van der Waals surface area contributed by atoms with Gasteiger partial charge in [0, 0.05) is 6.04 Å². The zero-order valence-electron chi connectivity index (χ0n) is 13.7. The van der Waals surface area contributed by atoms with E-state index in [1.165, 1.54) is 61.8 Å². The summed E-state index contributed by atoms with van der Waals surface area (Å²) in [5.74, 6) is 2.58. The molecule has 0 radical (unpaired) electrons. The van der Waals surface area contributed by atoms with E-state index in [1.807, 2.05) is 7.11 Å². The minimum absolute atomic E-state index is 0.666. The van der Waals surface area contributed by atoms with Crippen LogP contribution in [0.25, 0.3) is 0 Å². The topological polar surface area (TPSA) is 21.3 Å². The van der Waals surface area contributed by atoms with Crippen LogP contribution in [0.5, 0.6) is 5.75 Å². The largest absolute Gasteiger partial charge is 0.496 e. The van der Waals surface area contributed by atoms with E-state index in [4.69, 9.17) is 4.74 Å². The fourth-order valence-corrected chi connectivity index (χ4v) is 3.84. The number of ether oxygens (including phenoxy) is 1. The summed E-state index contributed by atoms with van der Waals surface area (Å²) >= 11 is 0. The molecule has 2 aliphatic carbocycles. The van der Waals surface area contributed by atoms with Gasteiger partial charge in [-0.05, 0) is 74.6 Å². The molecule has 2 aliphatic rings. The molecule has 2 atom stereocenters. The average Bonchev–Trinajstić information content (AvgIpc) is 3.32. The van der Waals surface area contributed by atoms with Crippen molar-refractivity contribution < 1.29 is 4.74 Å². The quantitative estimate of drug-likeness (QED) is 0.870. The van der Waals surface area contributed by atoms with Gasteiger partial charge in [0.15, 0.2) is 0 Å². The second-order valence-corrected chi connectivity index (χ2v) is 6.96. The van der Waals surface area contributed by atoms with Crippen LogP contribution in [0, 0.1) is 19.8 Å². The Morgan fingerprint density at radius 2 is 1.86 bits per heavy atom. The number of hydrogen-bond acceptors (Lipinski definition) is 2. The molecule has 2 fully saturated rings. The molecule has 0 aliphatic heterocycles. The molecule has 1 aromatic rings. The predicted octanol–water partition coefficient (Wildman–Crippen LogP) is 4.34. The highest BCUT2D eigenvalue weighted by Gasteiger charge is 2.31. The second-order valence-electron chi connectivity index (χ2n) is 6.96. The van der Waals surface area contributed by atoms with Gasteiger partial charge >= 0.3 is 0 Å². The van der Waals surface area contributed by atoms with Crippen LogP contribution in [0.15, 0.2) is 12.1 Å². The van der Waals surface area contributed by atoms with Crippen molar-refractivity contribution in [3.8, 4) is 5.75 Å². The van der Waals surface area contributed by atoms with Crippen molar-refractivity contribution in [1.82, 2.24) is 5.32 Å². The van der Waals surface area contributed by atoms with E-state index >= 15 is 0 Å². The third-order valence-electron chi connectivity index (χ3n) is 5.47. The third kappa shape index (κ3) is 3.26. The Morgan fingerprint density at radius 1 is 1.10 bits per heavy atom. The van der Waals surface area contributed by atoms with E-state index < -0.39 is 0 Å². The van der Waals surface area contributed by atoms with Crippen molar-refractivity contribution in [2.45, 2.75) is 64.3 Å². The van der Waals surface area contributed by atoms with Gasteiger partial charge in [0.1, 0.15) is 5.75 Å². The molecule has 0 saturated heterocycles. The summed E-state index contributed by atoms with van der Waals surface area (Å²) in [6.45, 7) is 5.55. The summed E-state index contributed by atoms with van der Waals surface area (Å²) in [5, 5.41) is 3.75. The summed E-state index contributed by atoms with van der Waals surface area (Å²) in [7, 11) is 1.82. The van der Waals surface area contributed by atoms with Gasteiger partial charge in [-0.15, -0.1) is 0 Å². The van der Waals surface area contributed by atoms with Gasteiger partial charge in [0.05, 0.1) is 7.11 Å². The highest BCUT2D eigenvalue weighted by Crippen LogP contribution is 2.43. The highest BCUT2D eigenvalue weighted by molar-refractivity contribution is 5.47. The number of methoxy groups -OCH3 is 1. The van der Waals surface area contributed by atoms with Crippen LogP contribution < -0.4 is 10.1 Å². The Bertz CT molecular complexity index is 493. The molecule has 1 N–H and O–H groups in total. The second kappa shape index (κ2) is 6.39. The number of hydrogen-bond donors (Lipinski definition) is 1. The summed E-state index contributed by atoms with van der Waals surface area (Å²) in [6.07, 6.45) is 8.19. The van der Waals surface area contributed by atoms with Crippen molar-refractivity contribution in [2.75, 3.05) is 13.7 Å². The van der Waals surface area contributed by atoms with E-state index in [0.29, 0.717) is 5.92 Å².